The van der Waals surface area contributed by atoms with E-state index in [0.717, 1.165) is 19.4 Å². The molecule has 5 heteroatoms. The van der Waals surface area contributed by atoms with E-state index in [1.54, 1.807) is 12.5 Å². The first-order chi connectivity index (χ1) is 8.25. The summed E-state index contributed by atoms with van der Waals surface area (Å²) in [7, 11) is 0. The van der Waals surface area contributed by atoms with E-state index in [4.69, 9.17) is 5.73 Å². The van der Waals surface area contributed by atoms with E-state index >= 15 is 0 Å². The molecule has 1 aliphatic carbocycles. The first-order valence-corrected chi connectivity index (χ1v) is 6.25. The summed E-state index contributed by atoms with van der Waals surface area (Å²) >= 11 is 0. The third-order valence-corrected chi connectivity index (χ3v) is 3.07. The number of imidazole rings is 1. The van der Waals surface area contributed by atoms with Crippen molar-refractivity contribution in [1.29, 1.82) is 0 Å². The second kappa shape index (κ2) is 5.82. The Morgan fingerprint density at radius 2 is 2.41 bits per heavy atom. The second-order valence-corrected chi connectivity index (χ2v) is 4.73. The van der Waals surface area contributed by atoms with Crippen molar-refractivity contribution in [2.45, 2.75) is 38.3 Å². The van der Waals surface area contributed by atoms with Crippen LogP contribution in [0, 0.1) is 5.92 Å². The van der Waals surface area contributed by atoms with Crippen molar-refractivity contribution in [3.05, 3.63) is 18.7 Å². The van der Waals surface area contributed by atoms with E-state index in [1.807, 2.05) is 10.8 Å². The molecule has 1 amide bonds. The summed E-state index contributed by atoms with van der Waals surface area (Å²) in [5.41, 5.74) is 5.81. The molecule has 1 aliphatic rings. The number of amides is 1. The van der Waals surface area contributed by atoms with Crippen LogP contribution in [0.2, 0.25) is 0 Å². The monoisotopic (exact) mass is 236 g/mol. The molecule has 5 nitrogen and oxygen atoms in total. The number of hydrogen-bond donors (Lipinski definition) is 2. The molecule has 2 rings (SSSR count). The van der Waals surface area contributed by atoms with Crippen LogP contribution in [0.3, 0.4) is 0 Å². The predicted molar refractivity (Wildman–Crippen MR) is 65.2 cm³/mol. The Morgan fingerprint density at radius 3 is 3.06 bits per heavy atom. The van der Waals surface area contributed by atoms with Gasteiger partial charge < -0.3 is 15.6 Å². The van der Waals surface area contributed by atoms with Crippen LogP contribution in [0.4, 0.5) is 0 Å². The van der Waals surface area contributed by atoms with Crippen LogP contribution >= 0.6 is 0 Å². The molecule has 1 aromatic heterocycles. The van der Waals surface area contributed by atoms with Crippen LogP contribution in [-0.4, -0.2) is 28.0 Å². The lowest BCUT2D eigenvalue weighted by Crippen LogP contribution is -2.41. The van der Waals surface area contributed by atoms with Crippen LogP contribution in [0.5, 0.6) is 0 Å². The van der Waals surface area contributed by atoms with E-state index in [2.05, 4.69) is 10.3 Å². The molecule has 0 aromatic carbocycles. The standard InChI is InChI=1S/C12H20N4O/c13-11(8-10-2-3-10)12(17)15-4-1-6-16-7-5-14-9-16/h5,7,9-11H,1-4,6,8,13H2,(H,15,17)/t11-/m0/s1. The van der Waals surface area contributed by atoms with Crippen molar-refractivity contribution in [3.8, 4) is 0 Å². The molecule has 0 saturated heterocycles. The van der Waals surface area contributed by atoms with Crippen LogP contribution in [0.25, 0.3) is 0 Å². The fraction of sp³-hybridized carbons (Fsp3) is 0.667. The van der Waals surface area contributed by atoms with Crippen molar-refractivity contribution >= 4 is 5.91 Å². The lowest BCUT2D eigenvalue weighted by atomic mass is 10.1. The molecule has 0 aliphatic heterocycles. The Hall–Kier alpha value is -1.36. The molecule has 1 aromatic rings. The fourth-order valence-corrected chi connectivity index (χ4v) is 1.84. The summed E-state index contributed by atoms with van der Waals surface area (Å²) in [5.74, 6) is 0.684. The topological polar surface area (TPSA) is 72.9 Å². The van der Waals surface area contributed by atoms with Crippen LogP contribution < -0.4 is 11.1 Å². The Morgan fingerprint density at radius 1 is 1.59 bits per heavy atom. The van der Waals surface area contributed by atoms with Gasteiger partial charge in [0.25, 0.3) is 0 Å². The van der Waals surface area contributed by atoms with Gasteiger partial charge >= 0.3 is 0 Å². The quantitative estimate of drug-likeness (QED) is 0.678. The third-order valence-electron chi connectivity index (χ3n) is 3.07. The van der Waals surface area contributed by atoms with Crippen LogP contribution in [0.1, 0.15) is 25.7 Å². The van der Waals surface area contributed by atoms with Gasteiger partial charge in [-0.1, -0.05) is 12.8 Å². The molecule has 0 bridgehead atoms. The average Bonchev–Trinajstić information content (AvgIpc) is 2.97. The maximum absolute atomic E-state index is 11.6. The minimum Gasteiger partial charge on any atom is -0.355 e. The van der Waals surface area contributed by atoms with Gasteiger partial charge in [0, 0.05) is 25.5 Å². The smallest absolute Gasteiger partial charge is 0.236 e. The number of aryl methyl sites for hydroxylation is 1. The first kappa shape index (κ1) is 12.1. The predicted octanol–water partition coefficient (Wildman–Crippen LogP) is 0.517. The Bertz CT molecular complexity index is 345. The number of aromatic nitrogens is 2. The minimum atomic E-state index is -0.323. The van der Waals surface area contributed by atoms with E-state index in [0.29, 0.717) is 12.5 Å². The summed E-state index contributed by atoms with van der Waals surface area (Å²) in [5, 5.41) is 2.88. The highest BCUT2D eigenvalue weighted by Crippen LogP contribution is 2.33. The SMILES string of the molecule is N[C@@H](CC1CC1)C(=O)NCCCn1ccnc1. The zero-order valence-corrected chi connectivity index (χ0v) is 10.0. The van der Waals surface area contributed by atoms with E-state index in [-0.39, 0.29) is 11.9 Å². The summed E-state index contributed by atoms with van der Waals surface area (Å²) in [4.78, 5) is 15.6. The maximum Gasteiger partial charge on any atom is 0.236 e. The maximum atomic E-state index is 11.6. The number of hydrogen-bond acceptors (Lipinski definition) is 3. The van der Waals surface area contributed by atoms with Gasteiger partial charge in [0.05, 0.1) is 12.4 Å². The molecule has 0 radical (unpaired) electrons. The zero-order valence-electron chi connectivity index (χ0n) is 10.0. The fourth-order valence-electron chi connectivity index (χ4n) is 1.84. The van der Waals surface area contributed by atoms with Gasteiger partial charge in [-0.05, 0) is 18.8 Å². The normalized spacial score (nSPS) is 16.8. The van der Waals surface area contributed by atoms with Gasteiger partial charge in [0.1, 0.15) is 0 Å². The van der Waals surface area contributed by atoms with Crippen molar-refractivity contribution in [2.24, 2.45) is 11.7 Å². The van der Waals surface area contributed by atoms with Crippen LogP contribution in [-0.2, 0) is 11.3 Å². The molecule has 1 saturated carbocycles. The van der Waals surface area contributed by atoms with Crippen molar-refractivity contribution in [2.75, 3.05) is 6.54 Å². The highest BCUT2D eigenvalue weighted by molar-refractivity contribution is 5.81. The van der Waals surface area contributed by atoms with E-state index in [1.165, 1.54) is 12.8 Å². The summed E-state index contributed by atoms with van der Waals surface area (Å²) in [6.07, 6.45) is 9.67. The highest BCUT2D eigenvalue weighted by atomic mass is 16.2. The number of rotatable bonds is 7. The lowest BCUT2D eigenvalue weighted by molar-refractivity contribution is -0.122. The summed E-state index contributed by atoms with van der Waals surface area (Å²) in [6.45, 7) is 1.55. The molecule has 0 spiro atoms. The van der Waals surface area contributed by atoms with Crippen molar-refractivity contribution in [3.63, 3.8) is 0 Å². The molecule has 94 valence electrons. The molecule has 1 atom stereocenters. The molecule has 0 unspecified atom stereocenters. The Kier molecular flexibility index (Phi) is 4.14. The average molecular weight is 236 g/mol. The number of nitrogens with one attached hydrogen (secondary N) is 1. The summed E-state index contributed by atoms with van der Waals surface area (Å²) < 4.78 is 2.00. The van der Waals surface area contributed by atoms with E-state index in [9.17, 15) is 4.79 Å². The van der Waals surface area contributed by atoms with Crippen molar-refractivity contribution < 1.29 is 4.79 Å². The molecule has 3 N–H and O–H groups in total. The third kappa shape index (κ3) is 4.19. The molecule has 1 fully saturated rings. The molecular weight excluding hydrogens is 216 g/mol. The van der Waals surface area contributed by atoms with Crippen LogP contribution in [0.15, 0.2) is 18.7 Å². The van der Waals surface area contributed by atoms with Gasteiger partial charge in [-0.2, -0.15) is 0 Å². The van der Waals surface area contributed by atoms with Gasteiger partial charge in [-0.25, -0.2) is 4.98 Å². The van der Waals surface area contributed by atoms with Gasteiger partial charge in [0.15, 0.2) is 0 Å². The first-order valence-electron chi connectivity index (χ1n) is 6.25. The number of carbonyl (C=O) groups excluding carboxylic acids is 1. The Labute approximate surface area is 101 Å². The van der Waals surface area contributed by atoms with Gasteiger partial charge in [0.2, 0.25) is 5.91 Å². The number of nitrogens with two attached hydrogens (primary N) is 1. The van der Waals surface area contributed by atoms with Gasteiger partial charge in [-0.3, -0.25) is 4.79 Å². The highest BCUT2D eigenvalue weighted by Gasteiger charge is 2.26. The largest absolute Gasteiger partial charge is 0.355 e. The Balaban J connectivity index is 1.56. The number of carbonyl (C=O) groups is 1. The molecule has 17 heavy (non-hydrogen) atoms. The number of nitrogens with zero attached hydrogens (tertiary/aromatic N) is 2. The van der Waals surface area contributed by atoms with Gasteiger partial charge in [-0.15, -0.1) is 0 Å². The van der Waals surface area contributed by atoms with E-state index < -0.39 is 0 Å². The molecular formula is C12H20N4O. The summed E-state index contributed by atoms with van der Waals surface area (Å²) in [6, 6.07) is -0.323. The molecule has 1 heterocycles. The van der Waals surface area contributed by atoms with Crippen molar-refractivity contribution in [1.82, 2.24) is 14.9 Å². The second-order valence-electron chi connectivity index (χ2n) is 4.73. The minimum absolute atomic E-state index is 0.0115. The lowest BCUT2D eigenvalue weighted by Gasteiger charge is -2.11. The zero-order chi connectivity index (χ0) is 12.1.